The van der Waals surface area contributed by atoms with E-state index >= 15 is 0 Å². The Kier molecular flexibility index (Phi) is 5.98. The predicted octanol–water partition coefficient (Wildman–Crippen LogP) is 2.66. The van der Waals surface area contributed by atoms with Crippen LogP contribution < -0.4 is 15.5 Å². The van der Waals surface area contributed by atoms with E-state index in [1.165, 1.54) is 16.7 Å². The lowest BCUT2D eigenvalue weighted by Crippen LogP contribution is -2.42. The molecule has 3 aromatic heterocycles. The Morgan fingerprint density at radius 3 is 2.70 bits per heavy atom. The van der Waals surface area contributed by atoms with E-state index in [9.17, 15) is 9.59 Å². The Morgan fingerprint density at radius 1 is 1.20 bits per heavy atom. The van der Waals surface area contributed by atoms with Crippen LogP contribution in [0.4, 0.5) is 5.82 Å². The van der Waals surface area contributed by atoms with E-state index in [0.717, 1.165) is 42.0 Å². The summed E-state index contributed by atoms with van der Waals surface area (Å²) in [6.45, 7) is 6.55. The quantitative estimate of drug-likeness (QED) is 0.587. The third-order valence-corrected chi connectivity index (χ3v) is 6.68. The molecule has 4 heterocycles. The Morgan fingerprint density at radius 2 is 1.97 bits per heavy atom. The highest BCUT2D eigenvalue weighted by Gasteiger charge is 2.27. The van der Waals surface area contributed by atoms with Crippen molar-refractivity contribution >= 4 is 39.2 Å². The number of nitrogens with zero attached hydrogens (tertiary/aromatic N) is 3. The first-order chi connectivity index (χ1) is 14.5. The summed E-state index contributed by atoms with van der Waals surface area (Å²) in [6.07, 6.45) is 4.63. The molecule has 9 heteroatoms. The number of nitrogens with one attached hydrogen (secondary N) is 2. The highest BCUT2D eigenvalue weighted by Crippen LogP contribution is 2.35. The molecule has 1 saturated heterocycles. The van der Waals surface area contributed by atoms with Crippen molar-refractivity contribution in [2.75, 3.05) is 31.1 Å². The van der Waals surface area contributed by atoms with Gasteiger partial charge in [0.25, 0.3) is 5.91 Å². The number of amides is 2. The molecule has 1 aliphatic heterocycles. The van der Waals surface area contributed by atoms with Crippen molar-refractivity contribution in [2.45, 2.75) is 26.7 Å². The summed E-state index contributed by atoms with van der Waals surface area (Å²) in [5.74, 6) is 0.976. The molecule has 1 aliphatic rings. The maximum absolute atomic E-state index is 12.5. The number of carbonyl (C=O) groups excluding carboxylic acids is 2. The Balaban J connectivity index is 1.26. The van der Waals surface area contributed by atoms with Crippen LogP contribution in [0.1, 0.15) is 33.8 Å². The monoisotopic (exact) mass is 427 g/mol. The number of anilines is 1. The summed E-state index contributed by atoms with van der Waals surface area (Å²) >= 11 is 1.70. The second-order valence-electron chi connectivity index (χ2n) is 7.45. The fourth-order valence-corrected chi connectivity index (χ4v) is 4.75. The molecular weight excluding hydrogens is 402 g/mol. The molecule has 0 saturated carbocycles. The molecule has 2 N–H and O–H groups in total. The van der Waals surface area contributed by atoms with Gasteiger partial charge in [0.05, 0.1) is 11.6 Å². The van der Waals surface area contributed by atoms with Crippen LogP contribution in [0.5, 0.6) is 0 Å². The van der Waals surface area contributed by atoms with Crippen molar-refractivity contribution in [3.8, 4) is 0 Å². The highest BCUT2D eigenvalue weighted by atomic mass is 32.1. The molecule has 30 heavy (non-hydrogen) atoms. The number of thiophene rings is 1. The summed E-state index contributed by atoms with van der Waals surface area (Å²) in [6, 6.07) is 3.27. The molecule has 2 amide bonds. The summed E-state index contributed by atoms with van der Waals surface area (Å²) in [5.41, 5.74) is 1.24. The van der Waals surface area contributed by atoms with E-state index in [-0.39, 0.29) is 23.5 Å². The van der Waals surface area contributed by atoms with E-state index in [1.807, 2.05) is 0 Å². The predicted molar refractivity (Wildman–Crippen MR) is 116 cm³/mol. The first kappa shape index (κ1) is 20.3. The number of hydrogen-bond donors (Lipinski definition) is 2. The van der Waals surface area contributed by atoms with Gasteiger partial charge in [-0.2, -0.15) is 0 Å². The van der Waals surface area contributed by atoms with Crippen molar-refractivity contribution in [3.63, 3.8) is 0 Å². The van der Waals surface area contributed by atoms with Crippen LogP contribution in [0, 0.1) is 19.8 Å². The zero-order valence-electron chi connectivity index (χ0n) is 17.1. The largest absolute Gasteiger partial charge is 0.459 e. The molecule has 4 rings (SSSR count). The molecule has 0 aliphatic carbocycles. The van der Waals surface area contributed by atoms with Crippen LogP contribution in [-0.2, 0) is 4.79 Å². The van der Waals surface area contributed by atoms with Gasteiger partial charge in [0.1, 0.15) is 17.0 Å². The standard InChI is InChI=1S/C21H25N5O3S/c1-13-14(2)30-21-17(13)18(24-12-25-21)26-9-5-15(6-10-26)19(27)22-7-8-23-20(28)16-4-3-11-29-16/h3-4,11-12,15H,5-10H2,1-2H3,(H,22,27)(H,23,28). The zero-order chi connectivity index (χ0) is 21.1. The number of piperidine rings is 1. The normalized spacial score (nSPS) is 14.8. The second kappa shape index (κ2) is 8.83. The fourth-order valence-electron chi connectivity index (χ4n) is 3.76. The van der Waals surface area contributed by atoms with E-state index in [4.69, 9.17) is 4.42 Å². The smallest absolute Gasteiger partial charge is 0.287 e. The number of carbonyl (C=O) groups is 2. The molecule has 0 atom stereocenters. The topological polar surface area (TPSA) is 100 Å². The number of hydrogen-bond acceptors (Lipinski definition) is 7. The van der Waals surface area contributed by atoms with Crippen LogP contribution in [0.15, 0.2) is 29.1 Å². The average molecular weight is 428 g/mol. The Hall–Kier alpha value is -2.94. The van der Waals surface area contributed by atoms with Gasteiger partial charge < -0.3 is 20.0 Å². The van der Waals surface area contributed by atoms with Crippen molar-refractivity contribution in [2.24, 2.45) is 5.92 Å². The molecule has 3 aromatic rings. The van der Waals surface area contributed by atoms with Crippen molar-refractivity contribution in [1.29, 1.82) is 0 Å². The molecule has 0 radical (unpaired) electrons. The van der Waals surface area contributed by atoms with E-state index in [0.29, 0.717) is 13.1 Å². The summed E-state index contributed by atoms with van der Waals surface area (Å²) in [7, 11) is 0. The van der Waals surface area contributed by atoms with Crippen molar-refractivity contribution in [1.82, 2.24) is 20.6 Å². The molecule has 0 spiro atoms. The van der Waals surface area contributed by atoms with E-state index < -0.39 is 0 Å². The second-order valence-corrected chi connectivity index (χ2v) is 8.65. The summed E-state index contributed by atoms with van der Waals surface area (Å²) in [5, 5.41) is 6.78. The van der Waals surface area contributed by atoms with Crippen LogP contribution in [0.25, 0.3) is 10.2 Å². The molecule has 0 aromatic carbocycles. The zero-order valence-corrected chi connectivity index (χ0v) is 17.9. The third kappa shape index (κ3) is 4.16. The van der Waals surface area contributed by atoms with Gasteiger partial charge in [-0.3, -0.25) is 9.59 Å². The van der Waals surface area contributed by atoms with Gasteiger partial charge in [-0.15, -0.1) is 11.3 Å². The maximum Gasteiger partial charge on any atom is 0.287 e. The Labute approximate surface area is 178 Å². The minimum absolute atomic E-state index is 0.0235. The first-order valence-electron chi connectivity index (χ1n) is 10.1. The molecule has 1 fully saturated rings. The van der Waals surface area contributed by atoms with Crippen LogP contribution in [0.2, 0.25) is 0 Å². The lowest BCUT2D eigenvalue weighted by Gasteiger charge is -2.32. The van der Waals surface area contributed by atoms with E-state index in [1.54, 1.807) is 29.8 Å². The van der Waals surface area contributed by atoms with Crippen molar-refractivity contribution in [3.05, 3.63) is 40.9 Å². The SMILES string of the molecule is Cc1sc2ncnc(N3CCC(C(=O)NCCNC(=O)c4ccco4)CC3)c2c1C. The fraction of sp³-hybridized carbons (Fsp3) is 0.429. The van der Waals surface area contributed by atoms with Crippen LogP contribution >= 0.6 is 11.3 Å². The van der Waals surface area contributed by atoms with Crippen molar-refractivity contribution < 1.29 is 14.0 Å². The van der Waals surface area contributed by atoms with E-state index in [2.05, 4.69) is 39.3 Å². The van der Waals surface area contributed by atoms with Gasteiger partial charge in [-0.1, -0.05) is 0 Å². The molecule has 0 bridgehead atoms. The lowest BCUT2D eigenvalue weighted by atomic mass is 9.95. The highest BCUT2D eigenvalue weighted by molar-refractivity contribution is 7.18. The molecule has 8 nitrogen and oxygen atoms in total. The first-order valence-corrected chi connectivity index (χ1v) is 10.9. The van der Waals surface area contributed by atoms with Gasteiger partial charge in [0, 0.05) is 37.0 Å². The number of rotatable bonds is 6. The molecular formula is C21H25N5O3S. The minimum atomic E-state index is -0.280. The maximum atomic E-state index is 12.5. The van der Waals surface area contributed by atoms with Gasteiger partial charge in [0.2, 0.25) is 5.91 Å². The Bertz CT molecular complexity index is 1040. The number of aromatic nitrogens is 2. The van der Waals surface area contributed by atoms with Crippen LogP contribution in [-0.4, -0.2) is 48.0 Å². The number of furan rings is 1. The van der Waals surface area contributed by atoms with Gasteiger partial charge >= 0.3 is 0 Å². The minimum Gasteiger partial charge on any atom is -0.459 e. The van der Waals surface area contributed by atoms with Gasteiger partial charge in [-0.05, 0) is 44.4 Å². The summed E-state index contributed by atoms with van der Waals surface area (Å²) < 4.78 is 5.04. The average Bonchev–Trinajstić information content (AvgIpc) is 3.40. The number of fused-ring (bicyclic) bond motifs is 1. The lowest BCUT2D eigenvalue weighted by molar-refractivity contribution is -0.125. The molecule has 0 unspecified atom stereocenters. The summed E-state index contributed by atoms with van der Waals surface area (Å²) in [4.78, 5) is 37.8. The van der Waals surface area contributed by atoms with Gasteiger partial charge in [-0.25, -0.2) is 9.97 Å². The van der Waals surface area contributed by atoms with Crippen LogP contribution in [0.3, 0.4) is 0 Å². The third-order valence-electron chi connectivity index (χ3n) is 5.57. The number of aryl methyl sites for hydroxylation is 2. The van der Waals surface area contributed by atoms with Gasteiger partial charge in [0.15, 0.2) is 5.76 Å². The molecule has 158 valence electrons.